The molecular weight excluding hydrogens is 314 g/mol. The molecular formula is C15H15N5O2S. The Morgan fingerprint density at radius 2 is 1.96 bits per heavy atom. The van der Waals surface area contributed by atoms with Crippen LogP contribution in [-0.4, -0.2) is 27.3 Å². The van der Waals surface area contributed by atoms with Gasteiger partial charge in [0.1, 0.15) is 11.6 Å². The second kappa shape index (κ2) is 6.66. The molecule has 0 aliphatic carbocycles. The van der Waals surface area contributed by atoms with Gasteiger partial charge in [0.25, 0.3) is 0 Å². The van der Waals surface area contributed by atoms with Crippen molar-refractivity contribution in [3.8, 4) is 17.2 Å². The highest BCUT2D eigenvalue weighted by Crippen LogP contribution is 2.24. The van der Waals surface area contributed by atoms with E-state index in [9.17, 15) is 0 Å². The first kappa shape index (κ1) is 15.3. The molecule has 0 bridgehead atoms. The first-order chi connectivity index (χ1) is 11.1. The molecule has 0 atom stereocenters. The molecule has 3 rings (SSSR count). The van der Waals surface area contributed by atoms with Crippen LogP contribution in [0.3, 0.4) is 0 Å². The summed E-state index contributed by atoms with van der Waals surface area (Å²) in [7, 11) is 1.62. The molecule has 0 radical (unpaired) electrons. The Hall–Kier alpha value is -2.61. The zero-order valence-electron chi connectivity index (χ0n) is 12.7. The maximum atomic E-state index is 5.71. The minimum atomic E-state index is 0.449. The standard InChI is InChI=1S/C15H15N5O2S/c1-9-7-12(16)18-15(17-9)23-8-13-19-20-14(22-13)10-3-5-11(21-2)6-4-10/h3-7H,8H2,1-2H3,(H2,16,17,18). The second-order valence-corrected chi connectivity index (χ2v) is 5.68. The Morgan fingerprint density at radius 3 is 2.65 bits per heavy atom. The van der Waals surface area contributed by atoms with E-state index in [0.717, 1.165) is 17.0 Å². The number of ether oxygens (including phenoxy) is 1. The van der Waals surface area contributed by atoms with Crippen LogP contribution < -0.4 is 10.5 Å². The minimum Gasteiger partial charge on any atom is -0.497 e. The summed E-state index contributed by atoms with van der Waals surface area (Å²) in [5.74, 6) is 2.67. The predicted octanol–water partition coefficient (Wildman–Crippen LogP) is 2.72. The number of benzene rings is 1. The SMILES string of the molecule is COc1ccc(-c2nnc(CSc3nc(C)cc(N)n3)o2)cc1. The van der Waals surface area contributed by atoms with Gasteiger partial charge in [0, 0.05) is 17.3 Å². The van der Waals surface area contributed by atoms with Crippen molar-refractivity contribution in [2.45, 2.75) is 17.8 Å². The van der Waals surface area contributed by atoms with Crippen molar-refractivity contribution in [3.63, 3.8) is 0 Å². The van der Waals surface area contributed by atoms with E-state index in [4.69, 9.17) is 14.9 Å². The normalized spacial score (nSPS) is 10.7. The second-order valence-electron chi connectivity index (χ2n) is 4.73. The van der Waals surface area contributed by atoms with Gasteiger partial charge in [0.15, 0.2) is 5.16 Å². The van der Waals surface area contributed by atoms with E-state index in [1.54, 1.807) is 13.2 Å². The van der Waals surface area contributed by atoms with E-state index >= 15 is 0 Å². The number of hydrogen-bond acceptors (Lipinski definition) is 8. The molecule has 0 unspecified atom stereocenters. The van der Waals surface area contributed by atoms with Crippen molar-refractivity contribution in [2.24, 2.45) is 0 Å². The van der Waals surface area contributed by atoms with E-state index in [1.165, 1.54) is 11.8 Å². The third-order valence-electron chi connectivity index (χ3n) is 2.98. The lowest BCUT2D eigenvalue weighted by molar-refractivity contribution is 0.415. The molecule has 2 heterocycles. The molecule has 3 aromatic rings. The summed E-state index contributed by atoms with van der Waals surface area (Å²) in [4.78, 5) is 8.46. The van der Waals surface area contributed by atoms with Crippen molar-refractivity contribution in [3.05, 3.63) is 41.9 Å². The molecule has 7 nitrogen and oxygen atoms in total. The maximum Gasteiger partial charge on any atom is 0.247 e. The zero-order valence-corrected chi connectivity index (χ0v) is 13.5. The largest absolute Gasteiger partial charge is 0.497 e. The Balaban J connectivity index is 1.69. The van der Waals surface area contributed by atoms with Gasteiger partial charge in [0.05, 0.1) is 12.9 Å². The molecule has 0 spiro atoms. The fourth-order valence-corrected chi connectivity index (χ4v) is 2.67. The van der Waals surface area contributed by atoms with Gasteiger partial charge in [-0.15, -0.1) is 10.2 Å². The summed E-state index contributed by atoms with van der Waals surface area (Å²) in [6.07, 6.45) is 0. The monoisotopic (exact) mass is 329 g/mol. The molecule has 23 heavy (non-hydrogen) atoms. The number of nitrogens with two attached hydrogens (primary N) is 1. The lowest BCUT2D eigenvalue weighted by Gasteiger charge is -2.00. The van der Waals surface area contributed by atoms with E-state index in [-0.39, 0.29) is 0 Å². The van der Waals surface area contributed by atoms with Gasteiger partial charge in [0.2, 0.25) is 11.8 Å². The lowest BCUT2D eigenvalue weighted by atomic mass is 10.2. The Labute approximate surface area is 137 Å². The number of aromatic nitrogens is 4. The molecule has 0 aliphatic heterocycles. The number of aryl methyl sites for hydroxylation is 1. The van der Waals surface area contributed by atoms with Crippen LogP contribution >= 0.6 is 11.8 Å². The van der Waals surface area contributed by atoms with Gasteiger partial charge in [-0.25, -0.2) is 9.97 Å². The fraction of sp³-hybridized carbons (Fsp3) is 0.200. The molecule has 0 amide bonds. The highest BCUT2D eigenvalue weighted by atomic mass is 32.2. The topological polar surface area (TPSA) is 100.0 Å². The van der Waals surface area contributed by atoms with Gasteiger partial charge in [-0.1, -0.05) is 11.8 Å². The molecule has 0 aliphatic rings. The van der Waals surface area contributed by atoms with Crippen molar-refractivity contribution >= 4 is 17.6 Å². The van der Waals surface area contributed by atoms with Crippen molar-refractivity contribution in [2.75, 3.05) is 12.8 Å². The molecule has 0 fully saturated rings. The quantitative estimate of drug-likeness (QED) is 0.563. The van der Waals surface area contributed by atoms with E-state index in [2.05, 4.69) is 20.2 Å². The molecule has 2 aromatic heterocycles. The highest BCUT2D eigenvalue weighted by molar-refractivity contribution is 7.98. The Bertz CT molecular complexity index is 784. The highest BCUT2D eigenvalue weighted by Gasteiger charge is 2.10. The lowest BCUT2D eigenvalue weighted by Crippen LogP contribution is -1.96. The van der Waals surface area contributed by atoms with Gasteiger partial charge < -0.3 is 14.9 Å². The van der Waals surface area contributed by atoms with E-state index in [1.807, 2.05) is 31.2 Å². The van der Waals surface area contributed by atoms with E-state index < -0.39 is 0 Å². The van der Waals surface area contributed by atoms with E-state index in [0.29, 0.717) is 28.5 Å². The van der Waals surface area contributed by atoms with Gasteiger partial charge >= 0.3 is 0 Å². The zero-order chi connectivity index (χ0) is 16.2. The van der Waals surface area contributed by atoms with Crippen LogP contribution in [0.5, 0.6) is 5.75 Å². The van der Waals surface area contributed by atoms with Crippen LogP contribution in [0.4, 0.5) is 5.82 Å². The number of anilines is 1. The van der Waals surface area contributed by atoms with Gasteiger partial charge in [-0.3, -0.25) is 0 Å². The number of nitrogens with zero attached hydrogens (tertiary/aromatic N) is 4. The minimum absolute atomic E-state index is 0.449. The van der Waals surface area contributed by atoms with Crippen LogP contribution in [0.25, 0.3) is 11.5 Å². The fourth-order valence-electron chi connectivity index (χ4n) is 1.92. The summed E-state index contributed by atoms with van der Waals surface area (Å²) in [6, 6.07) is 9.15. The summed E-state index contributed by atoms with van der Waals surface area (Å²) in [5.41, 5.74) is 7.37. The van der Waals surface area contributed by atoms with Crippen LogP contribution in [0.15, 0.2) is 39.9 Å². The maximum absolute atomic E-state index is 5.71. The van der Waals surface area contributed by atoms with Crippen LogP contribution in [0.1, 0.15) is 11.6 Å². The summed E-state index contributed by atoms with van der Waals surface area (Å²) < 4.78 is 10.8. The molecule has 2 N–H and O–H groups in total. The molecule has 1 aromatic carbocycles. The van der Waals surface area contributed by atoms with Gasteiger partial charge in [-0.2, -0.15) is 0 Å². The van der Waals surface area contributed by atoms with Gasteiger partial charge in [-0.05, 0) is 31.2 Å². The number of rotatable bonds is 5. The average Bonchev–Trinajstić information content (AvgIpc) is 3.01. The summed E-state index contributed by atoms with van der Waals surface area (Å²) in [6.45, 7) is 1.87. The first-order valence-electron chi connectivity index (χ1n) is 6.85. The third-order valence-corrected chi connectivity index (χ3v) is 3.81. The molecule has 0 saturated heterocycles. The number of thioether (sulfide) groups is 1. The van der Waals surface area contributed by atoms with Crippen LogP contribution in [0, 0.1) is 6.92 Å². The molecule has 118 valence electrons. The third kappa shape index (κ3) is 3.78. The Morgan fingerprint density at radius 1 is 1.17 bits per heavy atom. The summed E-state index contributed by atoms with van der Waals surface area (Å²) in [5, 5.41) is 8.68. The molecule has 8 heteroatoms. The van der Waals surface area contributed by atoms with Crippen LogP contribution in [0.2, 0.25) is 0 Å². The van der Waals surface area contributed by atoms with Crippen LogP contribution in [-0.2, 0) is 5.75 Å². The molecule has 0 saturated carbocycles. The predicted molar refractivity (Wildman–Crippen MR) is 87.0 cm³/mol. The number of hydrogen-bond donors (Lipinski definition) is 1. The van der Waals surface area contributed by atoms with Crippen molar-refractivity contribution in [1.82, 2.24) is 20.2 Å². The van der Waals surface area contributed by atoms with Crippen molar-refractivity contribution < 1.29 is 9.15 Å². The smallest absolute Gasteiger partial charge is 0.247 e. The number of nitrogen functional groups attached to an aromatic ring is 1. The van der Waals surface area contributed by atoms with Crippen molar-refractivity contribution in [1.29, 1.82) is 0 Å². The summed E-state index contributed by atoms with van der Waals surface area (Å²) >= 11 is 1.40. The average molecular weight is 329 g/mol. The Kier molecular flexibility index (Phi) is 4.42. The first-order valence-corrected chi connectivity index (χ1v) is 7.83. The number of methoxy groups -OCH3 is 1.